The molecule has 0 amide bonds. The largest absolute Gasteiger partial charge is 0.0913 e. The van der Waals surface area contributed by atoms with Gasteiger partial charge < -0.3 is 0 Å². The summed E-state index contributed by atoms with van der Waals surface area (Å²) < 4.78 is 0. The minimum absolute atomic E-state index is 0.217. The minimum atomic E-state index is 0.217. The van der Waals surface area contributed by atoms with Crippen molar-refractivity contribution in [1.82, 2.24) is 0 Å². The molecule has 0 aromatic heterocycles. The van der Waals surface area contributed by atoms with Crippen molar-refractivity contribution in [3.05, 3.63) is 83.9 Å². The third-order valence-corrected chi connectivity index (χ3v) is 4.02. The Morgan fingerprint density at radius 2 is 1.39 bits per heavy atom. The Kier molecular flexibility index (Phi) is 2.79. The van der Waals surface area contributed by atoms with Gasteiger partial charge in [-0.3, -0.25) is 0 Å². The summed E-state index contributed by atoms with van der Waals surface area (Å²) in [5.74, 6) is 0.646. The van der Waals surface area contributed by atoms with E-state index in [-0.39, 0.29) is 5.41 Å². The Labute approximate surface area is 109 Å². The lowest BCUT2D eigenvalue weighted by Gasteiger charge is -2.18. The molecule has 0 aliphatic heterocycles. The first-order chi connectivity index (χ1) is 8.88. The normalized spacial score (nSPS) is 21.1. The molecule has 0 nitrogen and oxygen atoms in total. The molecular formula is C18H18. The molecule has 0 bridgehead atoms. The highest BCUT2D eigenvalue weighted by molar-refractivity contribution is 5.48. The van der Waals surface area contributed by atoms with Crippen molar-refractivity contribution in [2.75, 3.05) is 0 Å². The number of hydrogen-bond acceptors (Lipinski definition) is 0. The molecule has 90 valence electrons. The van der Waals surface area contributed by atoms with Crippen LogP contribution in [0.25, 0.3) is 0 Å². The minimum Gasteiger partial charge on any atom is -0.0913 e. The van der Waals surface area contributed by atoms with Gasteiger partial charge in [0.15, 0.2) is 0 Å². The molecule has 0 heterocycles. The molecule has 1 fully saturated rings. The molecular weight excluding hydrogens is 216 g/mol. The quantitative estimate of drug-likeness (QED) is 0.682. The first-order valence-corrected chi connectivity index (χ1v) is 6.62. The van der Waals surface area contributed by atoms with Crippen molar-refractivity contribution < 1.29 is 0 Å². The summed E-state index contributed by atoms with van der Waals surface area (Å²) in [7, 11) is 0. The van der Waals surface area contributed by atoms with Crippen molar-refractivity contribution in [3.8, 4) is 0 Å². The molecule has 0 heteroatoms. The maximum Gasteiger partial charge on any atom is 0.0271 e. The van der Waals surface area contributed by atoms with Crippen LogP contribution < -0.4 is 0 Å². The summed E-state index contributed by atoms with van der Waals surface area (Å²) in [6.07, 6.45) is 5.75. The zero-order valence-corrected chi connectivity index (χ0v) is 10.7. The molecule has 0 spiro atoms. The highest BCUT2D eigenvalue weighted by atomic mass is 14.6. The maximum absolute atomic E-state index is 2.35. The third-order valence-electron chi connectivity index (χ3n) is 4.02. The van der Waals surface area contributed by atoms with Crippen molar-refractivity contribution in [1.29, 1.82) is 0 Å². The van der Waals surface area contributed by atoms with Crippen molar-refractivity contribution >= 4 is 0 Å². The summed E-state index contributed by atoms with van der Waals surface area (Å²) in [6.45, 7) is 2.11. The lowest BCUT2D eigenvalue weighted by Crippen LogP contribution is -2.11. The van der Waals surface area contributed by atoms with Gasteiger partial charge in [0.05, 0.1) is 0 Å². The Morgan fingerprint density at radius 1 is 0.889 bits per heavy atom. The summed E-state index contributed by atoms with van der Waals surface area (Å²) >= 11 is 0. The highest BCUT2D eigenvalue weighted by Gasteiger charge is 2.54. The molecule has 1 atom stereocenters. The molecule has 1 saturated carbocycles. The van der Waals surface area contributed by atoms with Gasteiger partial charge in [-0.15, -0.1) is 0 Å². The van der Waals surface area contributed by atoms with Crippen LogP contribution in [-0.2, 0) is 5.41 Å². The van der Waals surface area contributed by atoms with Crippen LogP contribution in [0, 0.1) is 5.92 Å². The van der Waals surface area contributed by atoms with Crippen LogP contribution in [0.4, 0.5) is 0 Å². The maximum atomic E-state index is 2.35. The summed E-state index contributed by atoms with van der Waals surface area (Å²) in [4.78, 5) is 0. The second-order valence-corrected chi connectivity index (χ2v) is 5.04. The van der Waals surface area contributed by atoms with Crippen LogP contribution in [0.2, 0.25) is 0 Å². The van der Waals surface area contributed by atoms with Crippen LogP contribution in [0.1, 0.15) is 24.5 Å². The Morgan fingerprint density at radius 3 is 1.83 bits per heavy atom. The SMILES string of the molecule is C/C=C/C1CC1(c1ccccc1)c1ccccc1. The van der Waals surface area contributed by atoms with Crippen LogP contribution in [-0.4, -0.2) is 0 Å². The van der Waals surface area contributed by atoms with E-state index < -0.39 is 0 Å². The highest BCUT2D eigenvalue weighted by Crippen LogP contribution is 2.59. The third kappa shape index (κ3) is 1.69. The van der Waals surface area contributed by atoms with E-state index in [9.17, 15) is 0 Å². The first-order valence-electron chi connectivity index (χ1n) is 6.62. The van der Waals surface area contributed by atoms with Crippen LogP contribution in [0.5, 0.6) is 0 Å². The fourth-order valence-corrected chi connectivity index (χ4v) is 3.05. The van der Waals surface area contributed by atoms with E-state index in [2.05, 4.69) is 79.7 Å². The predicted octanol–water partition coefficient (Wildman–Crippen LogP) is 4.57. The molecule has 2 aromatic rings. The van der Waals surface area contributed by atoms with Crippen LogP contribution in [0.15, 0.2) is 72.8 Å². The van der Waals surface area contributed by atoms with Gasteiger partial charge in [-0.1, -0.05) is 72.8 Å². The average Bonchev–Trinajstić information content (AvgIpc) is 3.17. The molecule has 18 heavy (non-hydrogen) atoms. The molecule has 0 N–H and O–H groups in total. The number of hydrogen-bond donors (Lipinski definition) is 0. The molecule has 0 radical (unpaired) electrons. The number of allylic oxidation sites excluding steroid dienone is 2. The first kappa shape index (κ1) is 11.3. The van der Waals surface area contributed by atoms with Gasteiger partial charge in [0.25, 0.3) is 0 Å². The lowest BCUT2D eigenvalue weighted by molar-refractivity contribution is 0.789. The van der Waals surface area contributed by atoms with Crippen molar-refractivity contribution in [2.45, 2.75) is 18.8 Å². The smallest absolute Gasteiger partial charge is 0.0271 e. The van der Waals surface area contributed by atoms with Crippen molar-refractivity contribution in [2.24, 2.45) is 5.92 Å². The fourth-order valence-electron chi connectivity index (χ4n) is 3.05. The standard InChI is InChI=1S/C18H18/c1-2-9-17-14-18(17,15-10-5-3-6-11-15)16-12-7-4-8-13-16/h2-13,17H,14H2,1H3/b9-2+. The topological polar surface area (TPSA) is 0 Å². The van der Waals surface area contributed by atoms with E-state index in [1.165, 1.54) is 17.5 Å². The molecule has 1 aliphatic rings. The predicted molar refractivity (Wildman–Crippen MR) is 76.6 cm³/mol. The Bertz CT molecular complexity index is 497. The summed E-state index contributed by atoms with van der Waals surface area (Å²) in [6, 6.07) is 21.8. The van der Waals surface area contributed by atoms with Gasteiger partial charge in [-0.2, -0.15) is 0 Å². The van der Waals surface area contributed by atoms with E-state index in [1.807, 2.05) is 0 Å². The molecule has 3 rings (SSSR count). The molecule has 1 aliphatic carbocycles. The van der Waals surface area contributed by atoms with Crippen LogP contribution >= 0.6 is 0 Å². The van der Waals surface area contributed by atoms with E-state index in [0.29, 0.717) is 5.92 Å². The molecule has 0 saturated heterocycles. The Balaban J connectivity index is 2.08. The lowest BCUT2D eigenvalue weighted by atomic mass is 9.85. The number of rotatable bonds is 3. The summed E-state index contributed by atoms with van der Waals surface area (Å²) in [5, 5.41) is 0. The van der Waals surface area contributed by atoms with Gasteiger partial charge >= 0.3 is 0 Å². The van der Waals surface area contributed by atoms with E-state index in [0.717, 1.165) is 0 Å². The molecule has 2 aromatic carbocycles. The van der Waals surface area contributed by atoms with E-state index in [1.54, 1.807) is 0 Å². The van der Waals surface area contributed by atoms with Gasteiger partial charge in [-0.25, -0.2) is 0 Å². The van der Waals surface area contributed by atoms with E-state index >= 15 is 0 Å². The fraction of sp³-hybridized carbons (Fsp3) is 0.222. The van der Waals surface area contributed by atoms with Crippen LogP contribution in [0.3, 0.4) is 0 Å². The van der Waals surface area contributed by atoms with Gasteiger partial charge in [0.2, 0.25) is 0 Å². The second kappa shape index (κ2) is 4.45. The van der Waals surface area contributed by atoms with Gasteiger partial charge in [0, 0.05) is 5.41 Å². The zero-order valence-electron chi connectivity index (χ0n) is 10.7. The zero-order chi connectivity index (χ0) is 12.4. The van der Waals surface area contributed by atoms with Gasteiger partial charge in [-0.05, 0) is 30.4 Å². The van der Waals surface area contributed by atoms with Crippen molar-refractivity contribution in [3.63, 3.8) is 0 Å². The number of benzene rings is 2. The van der Waals surface area contributed by atoms with Gasteiger partial charge in [0.1, 0.15) is 0 Å². The average molecular weight is 234 g/mol. The monoisotopic (exact) mass is 234 g/mol. The molecule has 1 unspecified atom stereocenters. The second-order valence-electron chi connectivity index (χ2n) is 5.04. The van der Waals surface area contributed by atoms with E-state index in [4.69, 9.17) is 0 Å². The Hall–Kier alpha value is -1.82. The summed E-state index contributed by atoms with van der Waals surface area (Å²) in [5.41, 5.74) is 3.10.